The summed E-state index contributed by atoms with van der Waals surface area (Å²) in [5.41, 5.74) is -1.87. The van der Waals surface area contributed by atoms with Crippen LogP contribution in [-0.4, -0.2) is 38.8 Å². The summed E-state index contributed by atoms with van der Waals surface area (Å²) in [6, 6.07) is 10.3. The van der Waals surface area contributed by atoms with E-state index in [4.69, 9.17) is 4.74 Å². The monoisotopic (exact) mass is 629 g/mol. The fourth-order valence-electron chi connectivity index (χ4n) is 5.63. The first-order chi connectivity index (χ1) is 20.0. The van der Waals surface area contributed by atoms with Crippen molar-refractivity contribution in [1.82, 2.24) is 0 Å². The van der Waals surface area contributed by atoms with Gasteiger partial charge in [0.25, 0.3) is 10.0 Å². The summed E-state index contributed by atoms with van der Waals surface area (Å²) >= 11 is 0. The van der Waals surface area contributed by atoms with Crippen molar-refractivity contribution in [1.29, 1.82) is 0 Å². The number of halogens is 6. The van der Waals surface area contributed by atoms with Gasteiger partial charge in [-0.15, -0.1) is 0 Å². The number of carbonyl (C=O) groups is 1. The predicted molar refractivity (Wildman–Crippen MR) is 142 cm³/mol. The zero-order valence-corrected chi connectivity index (χ0v) is 23.3. The van der Waals surface area contributed by atoms with Gasteiger partial charge in [0.2, 0.25) is 0 Å². The van der Waals surface area contributed by atoms with Gasteiger partial charge in [0, 0.05) is 6.07 Å². The molecule has 1 fully saturated rings. The standard InChI is InChI=1S/C29H25F6NO6S/c1-28(26(37)38)13-16(14-28)7-22-15-36(43(39,40)23-4-2-3-19(11-23)29(33,34)35)24-10-17(5-6-25(24)41-22)18-8-20(30)12-21(9-18)42-27(31)32/h2-6,8-12,16,22,27H,7,13-15H2,1H3,(H,37,38). The van der Waals surface area contributed by atoms with Gasteiger partial charge in [-0.3, -0.25) is 9.10 Å². The fourth-order valence-corrected chi connectivity index (χ4v) is 7.17. The molecular formula is C29H25F6NO6S. The molecule has 2 aliphatic rings. The normalized spacial score (nSPS) is 22.0. The van der Waals surface area contributed by atoms with Crippen LogP contribution in [0.2, 0.25) is 0 Å². The van der Waals surface area contributed by atoms with E-state index in [1.165, 1.54) is 18.2 Å². The third kappa shape index (κ3) is 6.24. The molecule has 3 aromatic carbocycles. The van der Waals surface area contributed by atoms with Crippen molar-refractivity contribution in [3.63, 3.8) is 0 Å². The Kier molecular flexibility index (Phi) is 7.78. The van der Waals surface area contributed by atoms with E-state index in [1.807, 2.05) is 0 Å². The van der Waals surface area contributed by atoms with Gasteiger partial charge in [0.1, 0.15) is 23.4 Å². The molecular weight excluding hydrogens is 604 g/mol. The van der Waals surface area contributed by atoms with Crippen LogP contribution in [0.25, 0.3) is 11.1 Å². The van der Waals surface area contributed by atoms with Crippen molar-refractivity contribution in [2.75, 3.05) is 10.8 Å². The van der Waals surface area contributed by atoms with Crippen molar-refractivity contribution in [2.24, 2.45) is 11.3 Å². The lowest BCUT2D eigenvalue weighted by atomic mass is 9.61. The highest BCUT2D eigenvalue weighted by molar-refractivity contribution is 7.92. The molecule has 0 amide bonds. The first-order valence-corrected chi connectivity index (χ1v) is 14.5. The second-order valence-electron chi connectivity index (χ2n) is 10.9. The minimum atomic E-state index is -4.81. The van der Waals surface area contributed by atoms with Gasteiger partial charge in [-0.2, -0.15) is 22.0 Å². The van der Waals surface area contributed by atoms with Crippen molar-refractivity contribution >= 4 is 21.7 Å². The molecule has 1 unspecified atom stereocenters. The molecule has 1 aliphatic carbocycles. The van der Waals surface area contributed by atoms with Crippen LogP contribution >= 0.6 is 0 Å². The summed E-state index contributed by atoms with van der Waals surface area (Å²) < 4.78 is 119. The Balaban J connectivity index is 1.54. The molecule has 0 aromatic heterocycles. The van der Waals surface area contributed by atoms with Gasteiger partial charge in [-0.05, 0) is 85.7 Å². The van der Waals surface area contributed by atoms with Gasteiger partial charge in [-0.1, -0.05) is 12.1 Å². The van der Waals surface area contributed by atoms with E-state index in [-0.39, 0.29) is 41.4 Å². The summed E-state index contributed by atoms with van der Waals surface area (Å²) in [6.07, 6.45) is -4.59. The molecule has 14 heteroatoms. The zero-order chi connectivity index (χ0) is 31.3. The summed E-state index contributed by atoms with van der Waals surface area (Å²) in [5, 5.41) is 9.43. The van der Waals surface area contributed by atoms with Crippen LogP contribution in [0.15, 0.2) is 65.6 Å². The topological polar surface area (TPSA) is 93.1 Å². The minimum absolute atomic E-state index is 0.0595. The van der Waals surface area contributed by atoms with E-state index in [1.54, 1.807) is 6.92 Å². The number of nitrogens with zero attached hydrogens (tertiary/aromatic N) is 1. The van der Waals surface area contributed by atoms with Crippen molar-refractivity contribution in [3.8, 4) is 22.6 Å². The molecule has 3 aromatic rings. The quantitative estimate of drug-likeness (QED) is 0.271. The lowest BCUT2D eigenvalue weighted by Gasteiger charge is -2.44. The van der Waals surface area contributed by atoms with Crippen LogP contribution in [0.1, 0.15) is 31.7 Å². The number of carboxylic acid groups (broad SMARTS) is 1. The van der Waals surface area contributed by atoms with E-state index >= 15 is 0 Å². The zero-order valence-electron chi connectivity index (χ0n) is 22.4. The first-order valence-electron chi connectivity index (χ1n) is 13.0. The first kappa shape index (κ1) is 30.5. The van der Waals surface area contributed by atoms with Gasteiger partial charge < -0.3 is 14.6 Å². The Bertz CT molecular complexity index is 1660. The third-order valence-corrected chi connectivity index (χ3v) is 9.44. The highest BCUT2D eigenvalue weighted by atomic mass is 32.2. The molecule has 0 saturated heterocycles. The van der Waals surface area contributed by atoms with Crippen molar-refractivity contribution in [3.05, 3.63) is 72.0 Å². The van der Waals surface area contributed by atoms with Gasteiger partial charge in [-0.25, -0.2) is 12.8 Å². The molecule has 1 atom stereocenters. The molecule has 0 spiro atoms. The van der Waals surface area contributed by atoms with Crippen LogP contribution in [0.4, 0.5) is 32.0 Å². The van der Waals surface area contributed by atoms with Crippen molar-refractivity contribution < 1.29 is 54.1 Å². The SMILES string of the molecule is CC1(C(=O)O)CC(CC2CN(S(=O)(=O)c3cccc(C(F)(F)F)c3)c3cc(-c4cc(F)cc(OC(F)F)c4)ccc3O2)C1. The predicted octanol–water partition coefficient (Wildman–Crippen LogP) is 6.96. The number of ether oxygens (including phenoxy) is 2. The maximum Gasteiger partial charge on any atom is 0.416 e. The number of sulfonamides is 1. The Morgan fingerprint density at radius 3 is 2.47 bits per heavy atom. The maximum absolute atomic E-state index is 14.3. The molecule has 1 heterocycles. The molecule has 7 nitrogen and oxygen atoms in total. The van der Waals surface area contributed by atoms with Gasteiger partial charge in [0.05, 0.1) is 28.1 Å². The van der Waals surface area contributed by atoms with Crippen LogP contribution < -0.4 is 13.8 Å². The average Bonchev–Trinajstić information content (AvgIpc) is 2.90. The number of hydrogen-bond donors (Lipinski definition) is 1. The van der Waals surface area contributed by atoms with E-state index in [0.717, 1.165) is 40.7 Å². The van der Waals surface area contributed by atoms with E-state index in [9.17, 15) is 44.7 Å². The minimum Gasteiger partial charge on any atom is -0.486 e. The number of aliphatic carboxylic acids is 1. The molecule has 1 N–H and O–H groups in total. The Morgan fingerprint density at radius 2 is 1.81 bits per heavy atom. The smallest absolute Gasteiger partial charge is 0.416 e. The molecule has 1 aliphatic heterocycles. The maximum atomic E-state index is 14.3. The van der Waals surface area contributed by atoms with E-state index < -0.39 is 62.3 Å². The molecule has 230 valence electrons. The molecule has 0 radical (unpaired) electrons. The largest absolute Gasteiger partial charge is 0.486 e. The summed E-state index contributed by atoms with van der Waals surface area (Å²) in [4.78, 5) is 10.9. The van der Waals surface area contributed by atoms with Crippen LogP contribution in [-0.2, 0) is 21.0 Å². The molecule has 1 saturated carbocycles. The lowest BCUT2D eigenvalue weighted by Crippen LogP contribution is -2.47. The number of benzene rings is 3. The number of alkyl halides is 5. The summed E-state index contributed by atoms with van der Waals surface area (Å²) in [6.45, 7) is -1.92. The Labute approximate surface area is 242 Å². The van der Waals surface area contributed by atoms with Gasteiger partial charge in [0.15, 0.2) is 0 Å². The fraction of sp³-hybridized carbons (Fsp3) is 0.345. The Hall–Kier alpha value is -3.94. The van der Waals surface area contributed by atoms with Crippen LogP contribution in [0.5, 0.6) is 11.5 Å². The van der Waals surface area contributed by atoms with Crippen molar-refractivity contribution in [2.45, 2.75) is 50.0 Å². The number of fused-ring (bicyclic) bond motifs is 1. The second kappa shape index (κ2) is 11.0. The average molecular weight is 630 g/mol. The van der Waals surface area contributed by atoms with Crippen LogP contribution in [0, 0.1) is 17.2 Å². The highest BCUT2D eigenvalue weighted by Gasteiger charge is 2.48. The van der Waals surface area contributed by atoms with Gasteiger partial charge >= 0.3 is 18.8 Å². The summed E-state index contributed by atoms with van der Waals surface area (Å²) in [7, 11) is -4.62. The molecule has 0 bridgehead atoms. The second-order valence-corrected chi connectivity index (χ2v) is 12.8. The number of rotatable bonds is 8. The lowest BCUT2D eigenvalue weighted by molar-refractivity contribution is -0.157. The molecule has 5 rings (SSSR count). The van der Waals surface area contributed by atoms with Crippen LogP contribution in [0.3, 0.4) is 0 Å². The number of carboxylic acids is 1. The molecule has 43 heavy (non-hydrogen) atoms. The number of hydrogen-bond acceptors (Lipinski definition) is 5. The van der Waals surface area contributed by atoms with E-state index in [0.29, 0.717) is 18.9 Å². The summed E-state index contributed by atoms with van der Waals surface area (Å²) in [5.74, 6) is -2.34. The number of anilines is 1. The van der Waals surface area contributed by atoms with E-state index in [2.05, 4.69) is 4.74 Å². The highest BCUT2D eigenvalue weighted by Crippen LogP contribution is 2.49. The Morgan fingerprint density at radius 1 is 1.09 bits per heavy atom. The third-order valence-electron chi connectivity index (χ3n) is 7.66.